The minimum absolute atomic E-state index is 0.293. The van der Waals surface area contributed by atoms with Crippen molar-refractivity contribution in [2.24, 2.45) is 4.99 Å². The third-order valence-corrected chi connectivity index (χ3v) is 6.57. The minimum atomic E-state index is -3.47. The largest absolute Gasteiger partial charge is 0.397 e. The van der Waals surface area contributed by atoms with Crippen molar-refractivity contribution < 1.29 is 13.3 Å². The first-order chi connectivity index (χ1) is 14.1. The number of piperidine rings is 1. The van der Waals surface area contributed by atoms with Crippen LogP contribution >= 0.6 is 0 Å². The van der Waals surface area contributed by atoms with Crippen molar-refractivity contribution in [3.05, 3.63) is 47.8 Å². The van der Waals surface area contributed by atoms with E-state index in [1.807, 2.05) is 18.5 Å². The molecule has 2 aromatic rings. The molecule has 0 unspecified atom stereocenters. The predicted molar refractivity (Wildman–Crippen MR) is 110 cm³/mol. The monoisotopic (exact) mass is 417 g/mol. The first-order valence-corrected chi connectivity index (χ1v) is 11.7. The Balaban J connectivity index is 1.19. The SMILES string of the molecule is O=S1(=O)NC(=NCCCCOn2cc(CN3CCCCC3)cn2)c2ccccc21. The molecule has 0 atom stereocenters. The summed E-state index contributed by atoms with van der Waals surface area (Å²) >= 11 is 0. The summed E-state index contributed by atoms with van der Waals surface area (Å²) in [4.78, 5) is 14.4. The quantitative estimate of drug-likeness (QED) is 0.662. The highest BCUT2D eigenvalue weighted by Crippen LogP contribution is 2.22. The Morgan fingerprint density at radius 3 is 2.83 bits per heavy atom. The van der Waals surface area contributed by atoms with Gasteiger partial charge in [-0.1, -0.05) is 18.6 Å². The number of likely N-dealkylation sites (tertiary alicyclic amines) is 1. The van der Waals surface area contributed by atoms with E-state index in [1.54, 1.807) is 18.2 Å². The molecule has 1 fully saturated rings. The lowest BCUT2D eigenvalue weighted by atomic mass is 10.1. The molecule has 2 aliphatic heterocycles. The Hall–Kier alpha value is -2.39. The fraction of sp³-hybridized carbons (Fsp3) is 0.500. The average molecular weight is 418 g/mol. The summed E-state index contributed by atoms with van der Waals surface area (Å²) in [5.74, 6) is 0.427. The molecule has 0 saturated carbocycles. The van der Waals surface area contributed by atoms with Gasteiger partial charge in [-0.3, -0.25) is 14.6 Å². The van der Waals surface area contributed by atoms with Crippen molar-refractivity contribution in [2.75, 3.05) is 26.2 Å². The summed E-state index contributed by atoms with van der Waals surface area (Å²) in [6.45, 7) is 4.33. The molecule has 8 nitrogen and oxygen atoms in total. The van der Waals surface area contributed by atoms with Gasteiger partial charge in [0.25, 0.3) is 10.0 Å². The van der Waals surface area contributed by atoms with Gasteiger partial charge in [0.05, 0.1) is 17.3 Å². The first kappa shape index (κ1) is 19.9. The molecule has 0 radical (unpaired) electrons. The Labute approximate surface area is 171 Å². The van der Waals surface area contributed by atoms with Gasteiger partial charge in [-0.15, -0.1) is 9.94 Å². The number of unbranched alkanes of at least 4 members (excludes halogenated alkanes) is 1. The zero-order valence-corrected chi connectivity index (χ0v) is 17.3. The second-order valence-electron chi connectivity index (χ2n) is 7.46. The normalized spacial score (nSPS) is 19.8. The van der Waals surface area contributed by atoms with E-state index in [4.69, 9.17) is 4.84 Å². The number of rotatable bonds is 8. The number of amidine groups is 1. The molecule has 0 spiro atoms. The number of nitrogens with one attached hydrogen (secondary N) is 1. The molecule has 0 aliphatic carbocycles. The number of hydrogen-bond donors (Lipinski definition) is 1. The van der Waals surface area contributed by atoms with E-state index in [-0.39, 0.29) is 0 Å². The van der Waals surface area contributed by atoms with E-state index >= 15 is 0 Å². The molecule has 1 N–H and O–H groups in total. The number of aromatic nitrogens is 2. The molecule has 0 amide bonds. The summed E-state index contributed by atoms with van der Waals surface area (Å²) in [7, 11) is -3.47. The van der Waals surface area contributed by atoms with Crippen LogP contribution in [0.5, 0.6) is 0 Å². The van der Waals surface area contributed by atoms with Gasteiger partial charge in [0.15, 0.2) is 0 Å². The van der Waals surface area contributed by atoms with Crippen LogP contribution in [0.3, 0.4) is 0 Å². The highest BCUT2D eigenvalue weighted by molar-refractivity contribution is 7.90. The third-order valence-electron chi connectivity index (χ3n) is 5.18. The highest BCUT2D eigenvalue weighted by atomic mass is 32.2. The maximum atomic E-state index is 12.1. The van der Waals surface area contributed by atoms with E-state index < -0.39 is 10.0 Å². The van der Waals surface area contributed by atoms with Gasteiger partial charge < -0.3 is 4.84 Å². The number of aliphatic imine (C=N–C) groups is 1. The van der Waals surface area contributed by atoms with Gasteiger partial charge in [-0.25, -0.2) is 8.42 Å². The molecule has 3 heterocycles. The van der Waals surface area contributed by atoms with Crippen LogP contribution in [-0.2, 0) is 16.6 Å². The van der Waals surface area contributed by atoms with E-state index in [1.165, 1.54) is 29.7 Å². The van der Waals surface area contributed by atoms with Crippen LogP contribution in [0, 0.1) is 0 Å². The summed E-state index contributed by atoms with van der Waals surface area (Å²) in [6, 6.07) is 6.89. The van der Waals surface area contributed by atoms with Crippen molar-refractivity contribution in [3.8, 4) is 0 Å². The zero-order chi connectivity index (χ0) is 20.1. The fourth-order valence-electron chi connectivity index (χ4n) is 3.68. The molecule has 4 rings (SSSR count). The van der Waals surface area contributed by atoms with Crippen molar-refractivity contribution in [3.63, 3.8) is 0 Å². The lowest BCUT2D eigenvalue weighted by molar-refractivity contribution is 0.0796. The molecule has 29 heavy (non-hydrogen) atoms. The molecule has 1 aromatic heterocycles. The maximum Gasteiger partial charge on any atom is 0.263 e. The number of nitrogens with zero attached hydrogens (tertiary/aromatic N) is 4. The Kier molecular flexibility index (Phi) is 6.15. The lowest BCUT2D eigenvalue weighted by Crippen LogP contribution is -2.28. The van der Waals surface area contributed by atoms with Crippen molar-refractivity contribution in [1.82, 2.24) is 19.6 Å². The predicted octanol–water partition coefficient (Wildman–Crippen LogP) is 1.82. The lowest BCUT2D eigenvalue weighted by Gasteiger charge is -2.25. The number of benzene rings is 1. The molecular formula is C20H27N5O3S. The molecule has 156 valence electrons. The van der Waals surface area contributed by atoms with Crippen LogP contribution in [0.2, 0.25) is 0 Å². The fourth-order valence-corrected chi connectivity index (χ4v) is 4.93. The summed E-state index contributed by atoms with van der Waals surface area (Å²) in [5, 5.41) is 4.27. The van der Waals surface area contributed by atoms with Gasteiger partial charge in [-0.2, -0.15) is 0 Å². The van der Waals surface area contributed by atoms with E-state index in [9.17, 15) is 8.42 Å². The van der Waals surface area contributed by atoms with Gasteiger partial charge in [0.2, 0.25) is 0 Å². The van der Waals surface area contributed by atoms with Crippen molar-refractivity contribution in [1.29, 1.82) is 0 Å². The molecule has 0 bridgehead atoms. The Morgan fingerprint density at radius 2 is 1.97 bits per heavy atom. The smallest absolute Gasteiger partial charge is 0.263 e. The number of fused-ring (bicyclic) bond motifs is 1. The number of hydrogen-bond acceptors (Lipinski definition) is 6. The second-order valence-corrected chi connectivity index (χ2v) is 9.11. The number of sulfonamides is 1. The Bertz CT molecular complexity index is 964. The van der Waals surface area contributed by atoms with Gasteiger partial charge in [-0.05, 0) is 50.9 Å². The maximum absolute atomic E-state index is 12.1. The highest BCUT2D eigenvalue weighted by Gasteiger charge is 2.29. The van der Waals surface area contributed by atoms with E-state index in [0.717, 1.165) is 32.5 Å². The zero-order valence-electron chi connectivity index (χ0n) is 16.5. The molecular weight excluding hydrogens is 390 g/mol. The molecule has 1 aromatic carbocycles. The standard InChI is InChI=1S/C20H27N5O3S/c26-29(27)19-9-3-2-8-18(19)20(23-29)21-10-4-7-13-28-25-16-17(14-22-25)15-24-11-5-1-6-12-24/h2-3,8-9,14,16H,1,4-7,10-13,15H2,(H,21,23). The summed E-state index contributed by atoms with van der Waals surface area (Å²) in [5.41, 5.74) is 1.81. The van der Waals surface area contributed by atoms with Crippen LogP contribution < -0.4 is 9.56 Å². The topological polar surface area (TPSA) is 88.8 Å². The van der Waals surface area contributed by atoms with Crippen LogP contribution in [-0.4, -0.2) is 55.3 Å². The van der Waals surface area contributed by atoms with Crippen LogP contribution in [0.15, 0.2) is 46.5 Å². The summed E-state index contributed by atoms with van der Waals surface area (Å²) < 4.78 is 26.6. The van der Waals surface area contributed by atoms with Crippen LogP contribution in [0.25, 0.3) is 0 Å². The van der Waals surface area contributed by atoms with E-state index in [0.29, 0.717) is 29.4 Å². The Morgan fingerprint density at radius 1 is 1.14 bits per heavy atom. The van der Waals surface area contributed by atoms with Crippen molar-refractivity contribution in [2.45, 2.75) is 43.5 Å². The van der Waals surface area contributed by atoms with Crippen molar-refractivity contribution >= 4 is 15.9 Å². The molecule has 1 saturated heterocycles. The van der Waals surface area contributed by atoms with Crippen LogP contribution in [0.1, 0.15) is 43.2 Å². The van der Waals surface area contributed by atoms with Crippen LogP contribution in [0.4, 0.5) is 0 Å². The molecule has 2 aliphatic rings. The minimum Gasteiger partial charge on any atom is -0.397 e. The van der Waals surface area contributed by atoms with E-state index in [2.05, 4.69) is 19.7 Å². The van der Waals surface area contributed by atoms with Gasteiger partial charge in [0.1, 0.15) is 12.4 Å². The third kappa shape index (κ3) is 4.97. The van der Waals surface area contributed by atoms with Gasteiger partial charge in [0, 0.05) is 24.2 Å². The first-order valence-electron chi connectivity index (χ1n) is 10.2. The average Bonchev–Trinajstić information content (AvgIpc) is 3.27. The second kappa shape index (κ2) is 8.96. The molecule has 9 heteroatoms. The van der Waals surface area contributed by atoms with Gasteiger partial charge >= 0.3 is 0 Å². The summed E-state index contributed by atoms with van der Waals surface area (Å²) in [6.07, 6.45) is 9.32.